The van der Waals surface area contributed by atoms with Crippen LogP contribution in [0.25, 0.3) is 0 Å². The van der Waals surface area contributed by atoms with Gasteiger partial charge in [-0.15, -0.1) is 0 Å². The highest BCUT2D eigenvalue weighted by molar-refractivity contribution is 14.1. The van der Waals surface area contributed by atoms with E-state index >= 15 is 0 Å². The fourth-order valence-corrected chi connectivity index (χ4v) is 3.28. The smallest absolute Gasteiger partial charge is 0.310 e. The second-order valence-electron chi connectivity index (χ2n) is 5.35. The molecule has 0 bridgehead atoms. The molecule has 108 valence electrons. The van der Waals surface area contributed by atoms with Gasteiger partial charge >= 0.3 is 5.97 Å². The lowest BCUT2D eigenvalue weighted by atomic mass is 9.71. The summed E-state index contributed by atoms with van der Waals surface area (Å²) in [5, 5.41) is 12.3. The molecule has 0 aromatic heterocycles. The van der Waals surface area contributed by atoms with Crippen LogP contribution in [0.15, 0.2) is 24.3 Å². The number of halogens is 1. The van der Waals surface area contributed by atoms with Gasteiger partial charge in [0, 0.05) is 9.99 Å². The summed E-state index contributed by atoms with van der Waals surface area (Å²) in [5.74, 6) is -1.05. The van der Waals surface area contributed by atoms with E-state index in [2.05, 4.69) is 27.9 Å². The molecule has 0 saturated heterocycles. The molecule has 0 unspecified atom stereocenters. The van der Waals surface area contributed by atoms with Crippen LogP contribution in [0.4, 0.5) is 5.69 Å². The summed E-state index contributed by atoms with van der Waals surface area (Å²) in [7, 11) is 0. The quantitative estimate of drug-likeness (QED) is 0.776. The maximum Gasteiger partial charge on any atom is 0.310 e. The van der Waals surface area contributed by atoms with Crippen LogP contribution in [-0.2, 0) is 9.59 Å². The Morgan fingerprint density at radius 2 is 1.85 bits per heavy atom. The third kappa shape index (κ3) is 3.50. The summed E-state index contributed by atoms with van der Waals surface area (Å²) in [6, 6.07) is 7.49. The van der Waals surface area contributed by atoms with E-state index in [0.29, 0.717) is 12.8 Å². The first-order valence-electron chi connectivity index (χ1n) is 6.81. The zero-order chi connectivity index (χ0) is 14.6. The number of carbonyl (C=O) groups is 2. The molecule has 5 heteroatoms. The Kier molecular flexibility index (Phi) is 5.01. The molecule has 0 aliphatic heterocycles. The molecule has 1 saturated carbocycles. The third-order valence-corrected chi connectivity index (χ3v) is 4.85. The Labute approximate surface area is 132 Å². The average molecular weight is 387 g/mol. The number of rotatable bonds is 4. The molecule has 1 aliphatic carbocycles. The number of benzene rings is 1. The van der Waals surface area contributed by atoms with Gasteiger partial charge in [0.25, 0.3) is 0 Å². The van der Waals surface area contributed by atoms with Crippen LogP contribution in [0.1, 0.15) is 38.5 Å². The lowest BCUT2D eigenvalue weighted by molar-refractivity contribution is -0.153. The van der Waals surface area contributed by atoms with Crippen molar-refractivity contribution in [2.24, 2.45) is 5.41 Å². The molecule has 1 fully saturated rings. The second-order valence-corrected chi connectivity index (χ2v) is 6.51. The van der Waals surface area contributed by atoms with Gasteiger partial charge < -0.3 is 10.4 Å². The van der Waals surface area contributed by atoms with Gasteiger partial charge in [0.05, 0.1) is 11.1 Å². The molecular formula is C15H18INO3. The van der Waals surface area contributed by atoms with E-state index in [4.69, 9.17) is 0 Å². The number of amides is 1. The molecular weight excluding hydrogens is 369 g/mol. The maximum absolute atomic E-state index is 12.2. The predicted octanol–water partition coefficient (Wildman–Crippen LogP) is 3.65. The second kappa shape index (κ2) is 6.56. The van der Waals surface area contributed by atoms with Crippen molar-refractivity contribution in [1.82, 2.24) is 0 Å². The van der Waals surface area contributed by atoms with Gasteiger partial charge in [0.1, 0.15) is 0 Å². The molecule has 0 atom stereocenters. The molecule has 4 nitrogen and oxygen atoms in total. The third-order valence-electron chi connectivity index (χ3n) is 3.91. The van der Waals surface area contributed by atoms with E-state index in [-0.39, 0.29) is 12.3 Å². The molecule has 1 amide bonds. The Morgan fingerprint density at radius 3 is 2.45 bits per heavy atom. The number of hydrogen-bond donors (Lipinski definition) is 2. The van der Waals surface area contributed by atoms with Gasteiger partial charge in [-0.25, -0.2) is 0 Å². The molecule has 0 radical (unpaired) electrons. The maximum atomic E-state index is 12.2. The van der Waals surface area contributed by atoms with Gasteiger partial charge in [0.15, 0.2) is 0 Å². The molecule has 20 heavy (non-hydrogen) atoms. The van der Waals surface area contributed by atoms with Crippen molar-refractivity contribution in [3.05, 3.63) is 27.8 Å². The van der Waals surface area contributed by atoms with E-state index in [1.165, 1.54) is 0 Å². The average Bonchev–Trinajstić information content (AvgIpc) is 2.42. The Balaban J connectivity index is 2.06. The molecule has 2 rings (SSSR count). The number of carboxylic acids is 1. The van der Waals surface area contributed by atoms with Crippen molar-refractivity contribution in [3.8, 4) is 0 Å². The van der Waals surface area contributed by atoms with Crippen LogP contribution in [0, 0.1) is 8.99 Å². The molecule has 0 heterocycles. The highest BCUT2D eigenvalue weighted by atomic mass is 127. The fraction of sp³-hybridized carbons (Fsp3) is 0.467. The minimum atomic E-state index is -0.872. The Morgan fingerprint density at radius 1 is 1.20 bits per heavy atom. The Hall–Kier alpha value is -1.11. The monoisotopic (exact) mass is 387 g/mol. The van der Waals surface area contributed by atoms with Crippen LogP contribution in [0.3, 0.4) is 0 Å². The van der Waals surface area contributed by atoms with Crippen molar-refractivity contribution >= 4 is 40.2 Å². The summed E-state index contributed by atoms with van der Waals surface area (Å²) >= 11 is 2.15. The Bertz CT molecular complexity index is 510. The minimum absolute atomic E-state index is 0.0628. The summed E-state index contributed by atoms with van der Waals surface area (Å²) in [6.45, 7) is 0. The first kappa shape index (κ1) is 15.3. The largest absolute Gasteiger partial charge is 0.481 e. The van der Waals surface area contributed by atoms with Gasteiger partial charge in [-0.05, 0) is 47.6 Å². The van der Waals surface area contributed by atoms with E-state index < -0.39 is 11.4 Å². The van der Waals surface area contributed by atoms with Crippen LogP contribution in [0.5, 0.6) is 0 Å². The van der Waals surface area contributed by atoms with E-state index in [0.717, 1.165) is 28.5 Å². The lowest BCUT2D eigenvalue weighted by Gasteiger charge is -2.32. The first-order chi connectivity index (χ1) is 9.53. The number of nitrogens with one attached hydrogen (secondary N) is 1. The van der Waals surface area contributed by atoms with Crippen LogP contribution in [0.2, 0.25) is 0 Å². The van der Waals surface area contributed by atoms with Gasteiger partial charge in [0.2, 0.25) is 5.91 Å². The van der Waals surface area contributed by atoms with Gasteiger partial charge in [-0.1, -0.05) is 31.4 Å². The summed E-state index contributed by atoms with van der Waals surface area (Å²) in [5.41, 5.74) is -0.128. The molecule has 1 aliphatic rings. The molecule has 2 N–H and O–H groups in total. The fourth-order valence-electron chi connectivity index (χ4n) is 2.76. The van der Waals surface area contributed by atoms with Crippen molar-refractivity contribution in [2.45, 2.75) is 38.5 Å². The molecule has 1 aromatic carbocycles. The minimum Gasteiger partial charge on any atom is -0.481 e. The normalized spacial score (nSPS) is 17.4. The zero-order valence-electron chi connectivity index (χ0n) is 11.2. The molecule has 1 aromatic rings. The van der Waals surface area contributed by atoms with Crippen molar-refractivity contribution < 1.29 is 14.7 Å². The van der Waals surface area contributed by atoms with Crippen LogP contribution >= 0.6 is 22.6 Å². The standard InChI is InChI=1S/C15H18INO3/c16-11-6-2-3-7-12(11)17-13(18)10-15(14(19)20)8-4-1-5-9-15/h2-3,6-7H,1,4-5,8-10H2,(H,17,18)(H,19,20). The number of hydrogen-bond acceptors (Lipinski definition) is 2. The van der Waals surface area contributed by atoms with Gasteiger partial charge in [-0.3, -0.25) is 9.59 Å². The van der Waals surface area contributed by atoms with Crippen LogP contribution in [-0.4, -0.2) is 17.0 Å². The van der Waals surface area contributed by atoms with E-state index in [1.54, 1.807) is 0 Å². The van der Waals surface area contributed by atoms with Crippen molar-refractivity contribution in [2.75, 3.05) is 5.32 Å². The summed E-state index contributed by atoms with van der Waals surface area (Å²) < 4.78 is 0.950. The van der Waals surface area contributed by atoms with Crippen LogP contribution < -0.4 is 5.32 Å². The van der Waals surface area contributed by atoms with Crippen molar-refractivity contribution in [1.29, 1.82) is 0 Å². The lowest BCUT2D eigenvalue weighted by Crippen LogP contribution is -2.37. The number of carboxylic acid groups (broad SMARTS) is 1. The predicted molar refractivity (Wildman–Crippen MR) is 85.6 cm³/mol. The number of para-hydroxylation sites is 1. The van der Waals surface area contributed by atoms with E-state index in [9.17, 15) is 14.7 Å². The number of anilines is 1. The number of carbonyl (C=O) groups excluding carboxylic acids is 1. The SMILES string of the molecule is O=C(CC1(C(=O)O)CCCCC1)Nc1ccccc1I. The first-order valence-corrected chi connectivity index (χ1v) is 7.89. The summed E-state index contributed by atoms with van der Waals surface area (Å²) in [6.07, 6.45) is 4.11. The zero-order valence-corrected chi connectivity index (χ0v) is 13.4. The topological polar surface area (TPSA) is 66.4 Å². The van der Waals surface area contributed by atoms with Crippen molar-refractivity contribution in [3.63, 3.8) is 0 Å². The highest BCUT2D eigenvalue weighted by Gasteiger charge is 2.41. The number of aliphatic carboxylic acids is 1. The van der Waals surface area contributed by atoms with E-state index in [1.807, 2.05) is 24.3 Å². The van der Waals surface area contributed by atoms with Gasteiger partial charge in [-0.2, -0.15) is 0 Å². The summed E-state index contributed by atoms with van der Waals surface area (Å²) in [4.78, 5) is 23.7. The highest BCUT2D eigenvalue weighted by Crippen LogP contribution is 2.39. The molecule has 0 spiro atoms.